The fourth-order valence-corrected chi connectivity index (χ4v) is 3.26. The Morgan fingerprint density at radius 3 is 2.53 bits per heavy atom. The highest BCUT2D eigenvalue weighted by Crippen LogP contribution is 2.25. The molecule has 0 heterocycles. The van der Waals surface area contributed by atoms with Crippen molar-refractivity contribution < 1.29 is 0 Å². The van der Waals surface area contributed by atoms with Crippen LogP contribution < -0.4 is 5.73 Å². The first-order valence-corrected chi connectivity index (χ1v) is 7.82. The van der Waals surface area contributed by atoms with Crippen LogP contribution in [0.25, 0.3) is 0 Å². The van der Waals surface area contributed by atoms with Gasteiger partial charge in [0.25, 0.3) is 0 Å². The molecule has 2 N–H and O–H groups in total. The molecule has 0 aliphatic carbocycles. The molecule has 0 unspecified atom stereocenters. The fraction of sp³-hybridized carbons (Fsp3) is 0.538. The lowest BCUT2D eigenvalue weighted by atomic mass is 10.2. The van der Waals surface area contributed by atoms with Gasteiger partial charge in [-0.1, -0.05) is 35.8 Å². The van der Waals surface area contributed by atoms with Gasteiger partial charge in [-0.25, -0.2) is 0 Å². The molecule has 1 aromatic rings. The molecule has 17 heavy (non-hydrogen) atoms. The van der Waals surface area contributed by atoms with E-state index in [4.69, 9.17) is 5.73 Å². The topological polar surface area (TPSA) is 29.3 Å². The number of nitrogens with zero attached hydrogens (tertiary/aromatic N) is 1. The predicted molar refractivity (Wildman–Crippen MR) is 80.5 cm³/mol. The van der Waals surface area contributed by atoms with Gasteiger partial charge in [0.05, 0.1) is 0 Å². The molecule has 1 rings (SSSR count). The highest BCUT2D eigenvalue weighted by Gasteiger charge is 2.02. The maximum atomic E-state index is 5.63. The molecular weight excluding hydrogens is 296 g/mol. The number of hydrogen-bond acceptors (Lipinski definition) is 3. The Labute approximate surface area is 117 Å². The Kier molecular flexibility index (Phi) is 7.19. The van der Waals surface area contributed by atoms with Crippen molar-refractivity contribution in [3.63, 3.8) is 0 Å². The summed E-state index contributed by atoms with van der Waals surface area (Å²) < 4.78 is 1.12. The van der Waals surface area contributed by atoms with Crippen LogP contribution in [0.4, 0.5) is 0 Å². The average molecular weight is 317 g/mol. The number of halogens is 1. The van der Waals surface area contributed by atoms with E-state index in [0.29, 0.717) is 6.54 Å². The summed E-state index contributed by atoms with van der Waals surface area (Å²) in [5.41, 5.74) is 6.80. The van der Waals surface area contributed by atoms with Gasteiger partial charge in [0.1, 0.15) is 0 Å². The summed E-state index contributed by atoms with van der Waals surface area (Å²) in [6, 6.07) is 6.42. The second kappa shape index (κ2) is 8.14. The average Bonchev–Trinajstić information content (AvgIpc) is 2.35. The van der Waals surface area contributed by atoms with E-state index in [1.54, 1.807) is 0 Å². The quantitative estimate of drug-likeness (QED) is 0.782. The molecule has 4 heteroatoms. The minimum atomic E-state index is 0.588. The Hall–Kier alpha value is -0.0300. The highest BCUT2D eigenvalue weighted by atomic mass is 79.9. The molecule has 0 amide bonds. The van der Waals surface area contributed by atoms with Crippen molar-refractivity contribution in [2.75, 3.05) is 25.4 Å². The van der Waals surface area contributed by atoms with Crippen LogP contribution in [0.2, 0.25) is 0 Å². The van der Waals surface area contributed by atoms with Gasteiger partial charge in [-0.3, -0.25) is 0 Å². The van der Waals surface area contributed by atoms with Gasteiger partial charge in [0.15, 0.2) is 0 Å². The Morgan fingerprint density at radius 1 is 1.29 bits per heavy atom. The fourth-order valence-electron chi connectivity index (χ4n) is 1.62. The summed E-state index contributed by atoms with van der Waals surface area (Å²) in [7, 11) is 0. The first-order valence-electron chi connectivity index (χ1n) is 6.04. The molecule has 0 aliphatic rings. The molecule has 0 saturated carbocycles. The molecule has 0 fully saturated rings. The molecule has 0 radical (unpaired) electrons. The van der Waals surface area contributed by atoms with Crippen molar-refractivity contribution in [2.45, 2.75) is 25.3 Å². The summed E-state index contributed by atoms with van der Waals surface area (Å²) in [4.78, 5) is 3.75. The number of rotatable bonds is 7. The Bertz CT molecular complexity index is 340. The van der Waals surface area contributed by atoms with Crippen molar-refractivity contribution >= 4 is 27.7 Å². The number of nitrogens with two attached hydrogens (primary N) is 1. The lowest BCUT2D eigenvalue weighted by molar-refractivity contribution is 0.324. The zero-order valence-electron chi connectivity index (χ0n) is 10.6. The van der Waals surface area contributed by atoms with Crippen LogP contribution in [0.3, 0.4) is 0 Å². The van der Waals surface area contributed by atoms with E-state index >= 15 is 0 Å². The number of benzene rings is 1. The van der Waals surface area contributed by atoms with E-state index in [9.17, 15) is 0 Å². The second-order valence-corrected chi connectivity index (χ2v) is 5.86. The molecule has 0 saturated heterocycles. The molecule has 0 aliphatic heterocycles. The van der Waals surface area contributed by atoms with Gasteiger partial charge in [0.2, 0.25) is 0 Å². The van der Waals surface area contributed by atoms with Gasteiger partial charge < -0.3 is 10.6 Å². The molecule has 2 nitrogen and oxygen atoms in total. The van der Waals surface area contributed by atoms with Gasteiger partial charge in [-0.15, -0.1) is 11.8 Å². The summed E-state index contributed by atoms with van der Waals surface area (Å²) in [6.45, 7) is 8.42. The zero-order valence-corrected chi connectivity index (χ0v) is 13.0. The van der Waals surface area contributed by atoms with E-state index < -0.39 is 0 Å². The molecule has 0 bridgehead atoms. The van der Waals surface area contributed by atoms with E-state index in [0.717, 1.165) is 35.4 Å². The maximum absolute atomic E-state index is 5.63. The SMILES string of the molecule is CCN(CC)CCSc1ccc(CN)c(Br)c1. The molecule has 1 aromatic carbocycles. The van der Waals surface area contributed by atoms with Crippen LogP contribution in [0, 0.1) is 0 Å². The van der Waals surface area contributed by atoms with Crippen LogP contribution in [-0.2, 0) is 6.54 Å². The van der Waals surface area contributed by atoms with Crippen molar-refractivity contribution in [1.29, 1.82) is 0 Å². The standard InChI is InChI=1S/C13H21BrN2S/c1-3-16(4-2)7-8-17-12-6-5-11(10-15)13(14)9-12/h5-6,9H,3-4,7-8,10,15H2,1-2H3. The van der Waals surface area contributed by atoms with E-state index in [2.05, 4.69) is 52.9 Å². The van der Waals surface area contributed by atoms with Gasteiger partial charge in [-0.2, -0.15) is 0 Å². The molecule has 0 spiro atoms. The van der Waals surface area contributed by atoms with Gasteiger partial charge in [0, 0.05) is 28.2 Å². The van der Waals surface area contributed by atoms with E-state index in [1.165, 1.54) is 4.90 Å². The summed E-state index contributed by atoms with van der Waals surface area (Å²) in [5.74, 6) is 1.14. The molecule has 0 atom stereocenters. The smallest absolute Gasteiger partial charge is 0.0231 e. The van der Waals surface area contributed by atoms with Crippen LogP contribution in [0.1, 0.15) is 19.4 Å². The minimum absolute atomic E-state index is 0.588. The van der Waals surface area contributed by atoms with Crippen molar-refractivity contribution in [3.8, 4) is 0 Å². The van der Waals surface area contributed by atoms with E-state index in [-0.39, 0.29) is 0 Å². The maximum Gasteiger partial charge on any atom is 0.0231 e. The van der Waals surface area contributed by atoms with Crippen LogP contribution in [0.5, 0.6) is 0 Å². The summed E-state index contributed by atoms with van der Waals surface area (Å²) in [5, 5.41) is 0. The van der Waals surface area contributed by atoms with Crippen molar-refractivity contribution in [1.82, 2.24) is 4.90 Å². The first-order chi connectivity index (χ1) is 8.21. The normalized spacial score (nSPS) is 11.1. The van der Waals surface area contributed by atoms with Crippen LogP contribution >= 0.6 is 27.7 Å². The predicted octanol–water partition coefficient (Wildman–Crippen LogP) is 3.34. The van der Waals surface area contributed by atoms with Crippen LogP contribution in [-0.4, -0.2) is 30.3 Å². The van der Waals surface area contributed by atoms with Crippen molar-refractivity contribution in [3.05, 3.63) is 28.2 Å². The van der Waals surface area contributed by atoms with Gasteiger partial charge in [-0.05, 0) is 30.8 Å². The Morgan fingerprint density at radius 2 is 2.00 bits per heavy atom. The first kappa shape index (κ1) is 15.0. The third kappa shape index (κ3) is 5.00. The summed E-state index contributed by atoms with van der Waals surface area (Å²) in [6.07, 6.45) is 0. The highest BCUT2D eigenvalue weighted by molar-refractivity contribution is 9.10. The second-order valence-electron chi connectivity index (χ2n) is 3.83. The minimum Gasteiger partial charge on any atom is -0.326 e. The zero-order chi connectivity index (χ0) is 12.7. The van der Waals surface area contributed by atoms with Crippen LogP contribution in [0.15, 0.2) is 27.6 Å². The third-order valence-electron chi connectivity index (χ3n) is 2.82. The van der Waals surface area contributed by atoms with E-state index in [1.807, 2.05) is 11.8 Å². The number of hydrogen-bond donors (Lipinski definition) is 1. The largest absolute Gasteiger partial charge is 0.326 e. The lowest BCUT2D eigenvalue weighted by Crippen LogP contribution is -2.25. The summed E-state index contributed by atoms with van der Waals surface area (Å²) >= 11 is 5.45. The molecule has 0 aromatic heterocycles. The third-order valence-corrected chi connectivity index (χ3v) is 4.53. The monoisotopic (exact) mass is 316 g/mol. The Balaban J connectivity index is 2.44. The van der Waals surface area contributed by atoms with Crippen molar-refractivity contribution in [2.24, 2.45) is 5.73 Å². The molecule has 96 valence electrons. The molecular formula is C13H21BrN2S. The number of thioether (sulfide) groups is 1. The lowest BCUT2D eigenvalue weighted by Gasteiger charge is -2.17. The van der Waals surface area contributed by atoms with Gasteiger partial charge >= 0.3 is 0 Å².